The van der Waals surface area contributed by atoms with Crippen molar-refractivity contribution >= 4 is 23.9 Å². The first-order valence-electron chi connectivity index (χ1n) is 8.51. The second kappa shape index (κ2) is 7.11. The van der Waals surface area contributed by atoms with Crippen LogP contribution in [0.25, 0.3) is 12.2 Å². The number of ether oxygens (including phenoxy) is 2. The Morgan fingerprint density at radius 1 is 1.19 bits per heavy atom. The first kappa shape index (κ1) is 18.5. The van der Waals surface area contributed by atoms with E-state index in [0.29, 0.717) is 5.56 Å². The topological polar surface area (TPSA) is 72.8 Å². The molecule has 0 saturated heterocycles. The molecule has 0 fully saturated rings. The van der Waals surface area contributed by atoms with Gasteiger partial charge in [-0.05, 0) is 43.7 Å². The highest BCUT2D eigenvalue weighted by Gasteiger charge is 2.30. The van der Waals surface area contributed by atoms with E-state index in [9.17, 15) is 14.7 Å². The van der Waals surface area contributed by atoms with Crippen molar-refractivity contribution in [3.05, 3.63) is 65.2 Å². The van der Waals surface area contributed by atoms with Gasteiger partial charge in [-0.3, -0.25) is 9.59 Å². The summed E-state index contributed by atoms with van der Waals surface area (Å²) in [5.74, 6) is -0.832. The first-order chi connectivity index (χ1) is 12.8. The molecule has 0 radical (unpaired) electrons. The molecule has 1 heterocycles. The maximum atomic E-state index is 12.6. The predicted molar refractivity (Wildman–Crippen MR) is 103 cm³/mol. The second-order valence-corrected chi connectivity index (χ2v) is 6.75. The zero-order valence-corrected chi connectivity index (χ0v) is 15.4. The molecular weight excluding hydrogens is 344 g/mol. The van der Waals surface area contributed by atoms with Crippen LogP contribution in [0.5, 0.6) is 17.2 Å². The molecule has 1 N–H and O–H groups in total. The molecule has 5 nitrogen and oxygen atoms in total. The summed E-state index contributed by atoms with van der Waals surface area (Å²) in [5, 5.41) is 10.6. The lowest BCUT2D eigenvalue weighted by molar-refractivity contribution is -0.132. The molecule has 1 aliphatic rings. The third-order valence-electron chi connectivity index (χ3n) is 4.02. The first-order valence-corrected chi connectivity index (χ1v) is 8.51. The molecular formula is C22H20O5. The van der Waals surface area contributed by atoms with Crippen molar-refractivity contribution < 1.29 is 24.2 Å². The number of fused-ring (bicyclic) bond motifs is 1. The average molecular weight is 364 g/mol. The Kier molecular flexibility index (Phi) is 4.86. The molecule has 1 aliphatic heterocycles. The number of carbonyl (C=O) groups is 2. The van der Waals surface area contributed by atoms with Crippen LogP contribution < -0.4 is 9.47 Å². The summed E-state index contributed by atoms with van der Waals surface area (Å²) >= 11 is 0. The summed E-state index contributed by atoms with van der Waals surface area (Å²) in [4.78, 5) is 24.1. The van der Waals surface area contributed by atoms with Crippen LogP contribution in [0.15, 0.2) is 48.6 Å². The number of allylic oxidation sites excluding steroid dienone is 1. The van der Waals surface area contributed by atoms with E-state index in [4.69, 9.17) is 9.47 Å². The van der Waals surface area contributed by atoms with Crippen LogP contribution in [0.4, 0.5) is 0 Å². The molecule has 138 valence electrons. The molecule has 0 saturated carbocycles. The molecule has 0 atom stereocenters. The molecule has 3 rings (SSSR count). The van der Waals surface area contributed by atoms with E-state index < -0.39 is 17.4 Å². The Morgan fingerprint density at radius 3 is 2.56 bits per heavy atom. The van der Waals surface area contributed by atoms with Gasteiger partial charge in [0, 0.05) is 6.92 Å². The maximum absolute atomic E-state index is 12.6. The van der Waals surface area contributed by atoms with Crippen LogP contribution in [0.1, 0.15) is 42.3 Å². The minimum Gasteiger partial charge on any atom is -0.506 e. The number of hydrogen-bond donors (Lipinski definition) is 1. The van der Waals surface area contributed by atoms with E-state index >= 15 is 0 Å². The second-order valence-electron chi connectivity index (χ2n) is 6.75. The van der Waals surface area contributed by atoms with Crippen molar-refractivity contribution in [1.29, 1.82) is 0 Å². The molecule has 0 bridgehead atoms. The number of phenolic OH excluding ortho intramolecular Hbond substituents is 1. The van der Waals surface area contributed by atoms with E-state index in [0.717, 1.165) is 5.56 Å². The normalized spacial score (nSPS) is 14.5. The van der Waals surface area contributed by atoms with Crippen molar-refractivity contribution in [3.63, 3.8) is 0 Å². The lowest BCUT2D eigenvalue weighted by Gasteiger charge is -2.29. The molecule has 27 heavy (non-hydrogen) atoms. The van der Waals surface area contributed by atoms with Crippen LogP contribution in [0, 0.1) is 0 Å². The summed E-state index contributed by atoms with van der Waals surface area (Å²) in [6.07, 6.45) is 6.45. The Labute approximate surface area is 157 Å². The molecule has 0 aliphatic carbocycles. The van der Waals surface area contributed by atoms with E-state index in [1.165, 1.54) is 19.1 Å². The number of rotatable bonds is 4. The summed E-state index contributed by atoms with van der Waals surface area (Å²) in [7, 11) is 0. The molecule has 5 heteroatoms. The van der Waals surface area contributed by atoms with Crippen LogP contribution in [0.3, 0.4) is 0 Å². The fourth-order valence-corrected chi connectivity index (χ4v) is 2.74. The third kappa shape index (κ3) is 4.08. The average Bonchev–Trinajstić information content (AvgIpc) is 2.61. The van der Waals surface area contributed by atoms with Gasteiger partial charge in [-0.25, -0.2) is 0 Å². The van der Waals surface area contributed by atoms with Gasteiger partial charge >= 0.3 is 5.97 Å². The van der Waals surface area contributed by atoms with Gasteiger partial charge in [0.25, 0.3) is 0 Å². The van der Waals surface area contributed by atoms with Crippen LogP contribution in [0.2, 0.25) is 0 Å². The Hall–Kier alpha value is -3.34. The summed E-state index contributed by atoms with van der Waals surface area (Å²) in [6, 6.07) is 10.7. The van der Waals surface area contributed by atoms with Gasteiger partial charge in [0.1, 0.15) is 11.4 Å². The number of carbonyl (C=O) groups excluding carboxylic acids is 2. The van der Waals surface area contributed by atoms with Crippen LogP contribution >= 0.6 is 0 Å². The summed E-state index contributed by atoms with van der Waals surface area (Å²) < 4.78 is 11.1. The van der Waals surface area contributed by atoms with Gasteiger partial charge in [-0.15, -0.1) is 0 Å². The number of ketones is 1. The molecule has 2 aromatic carbocycles. The van der Waals surface area contributed by atoms with E-state index in [1.807, 2.05) is 44.2 Å². The fourth-order valence-electron chi connectivity index (χ4n) is 2.74. The van der Waals surface area contributed by atoms with E-state index in [-0.39, 0.29) is 22.8 Å². The van der Waals surface area contributed by atoms with Gasteiger partial charge in [-0.1, -0.05) is 36.4 Å². The zero-order valence-electron chi connectivity index (χ0n) is 15.4. The molecule has 0 amide bonds. The van der Waals surface area contributed by atoms with Crippen molar-refractivity contribution in [1.82, 2.24) is 0 Å². The monoisotopic (exact) mass is 364 g/mol. The Balaban J connectivity index is 2.04. The minimum absolute atomic E-state index is 0.0325. The molecule has 2 aromatic rings. The van der Waals surface area contributed by atoms with Gasteiger partial charge in [-0.2, -0.15) is 0 Å². The molecule has 0 spiro atoms. The van der Waals surface area contributed by atoms with Crippen molar-refractivity contribution in [2.75, 3.05) is 0 Å². The zero-order chi connectivity index (χ0) is 19.6. The largest absolute Gasteiger partial charge is 0.506 e. The van der Waals surface area contributed by atoms with Gasteiger partial charge in [0.15, 0.2) is 17.3 Å². The highest BCUT2D eigenvalue weighted by molar-refractivity contribution is 6.10. The van der Waals surface area contributed by atoms with Crippen molar-refractivity contribution in [2.45, 2.75) is 26.4 Å². The van der Waals surface area contributed by atoms with Gasteiger partial charge in [0.05, 0.1) is 11.1 Å². The lowest BCUT2D eigenvalue weighted by atomic mass is 9.97. The van der Waals surface area contributed by atoms with E-state index in [2.05, 4.69) is 0 Å². The number of hydrogen-bond acceptors (Lipinski definition) is 5. The highest BCUT2D eigenvalue weighted by Crippen LogP contribution is 2.45. The van der Waals surface area contributed by atoms with Crippen molar-refractivity contribution in [3.8, 4) is 17.2 Å². The number of esters is 1. The fraction of sp³-hybridized carbons (Fsp3) is 0.182. The summed E-state index contributed by atoms with van der Waals surface area (Å²) in [6.45, 7) is 4.94. The Morgan fingerprint density at radius 2 is 1.89 bits per heavy atom. The quantitative estimate of drug-likeness (QED) is 0.377. The third-order valence-corrected chi connectivity index (χ3v) is 4.02. The summed E-state index contributed by atoms with van der Waals surface area (Å²) in [5.41, 5.74) is 0.566. The highest BCUT2D eigenvalue weighted by atomic mass is 16.6. The maximum Gasteiger partial charge on any atom is 0.308 e. The van der Waals surface area contributed by atoms with E-state index in [1.54, 1.807) is 18.2 Å². The van der Waals surface area contributed by atoms with Gasteiger partial charge < -0.3 is 14.6 Å². The van der Waals surface area contributed by atoms with Crippen LogP contribution in [-0.4, -0.2) is 22.5 Å². The number of benzene rings is 2. The van der Waals surface area contributed by atoms with Crippen LogP contribution in [-0.2, 0) is 4.79 Å². The standard InChI is InChI=1S/C22H20O5/c1-14(23)26-19-13-17(18(24)10-9-15-7-5-4-6-8-15)20(25)16-11-12-22(2,3)27-21(16)19/h4-13,25H,1-3H3. The number of phenols is 1. The number of aromatic hydroxyl groups is 1. The van der Waals surface area contributed by atoms with Crippen molar-refractivity contribution in [2.24, 2.45) is 0 Å². The smallest absolute Gasteiger partial charge is 0.308 e. The molecule has 0 unspecified atom stereocenters. The lowest BCUT2D eigenvalue weighted by Crippen LogP contribution is -2.28. The predicted octanol–water partition coefficient (Wildman–Crippen LogP) is 4.40. The minimum atomic E-state index is -0.632. The van der Waals surface area contributed by atoms with Gasteiger partial charge in [0.2, 0.25) is 0 Å². The molecule has 0 aromatic heterocycles. The SMILES string of the molecule is CC(=O)Oc1cc(C(=O)C=Cc2ccccc2)c(O)c2c1OC(C)(C)C=C2. The Bertz CT molecular complexity index is 952.